The number of fused-ring (bicyclic) bond motifs is 3. The fraction of sp³-hybridized carbons (Fsp3) is 0.286. The maximum Gasteiger partial charge on any atom is 0.338 e. The van der Waals surface area contributed by atoms with Crippen molar-refractivity contribution in [3.05, 3.63) is 91.1 Å². The minimum atomic E-state index is -0.905. The van der Waals surface area contributed by atoms with Crippen LogP contribution in [0.1, 0.15) is 39.6 Å². The molecule has 0 radical (unpaired) electrons. The summed E-state index contributed by atoms with van der Waals surface area (Å²) in [5.74, 6) is 0.729. The summed E-state index contributed by atoms with van der Waals surface area (Å²) in [4.78, 5) is 41.2. The van der Waals surface area contributed by atoms with Gasteiger partial charge in [-0.2, -0.15) is 0 Å². The van der Waals surface area contributed by atoms with Gasteiger partial charge in [0.25, 0.3) is 5.09 Å². The first-order chi connectivity index (χ1) is 18.8. The fourth-order valence-corrected chi connectivity index (χ4v) is 4.67. The van der Waals surface area contributed by atoms with E-state index in [9.17, 15) is 19.7 Å². The molecule has 0 fully saturated rings. The number of aryl methyl sites for hydroxylation is 1. The highest BCUT2D eigenvalue weighted by Gasteiger charge is 2.31. The highest BCUT2D eigenvalue weighted by molar-refractivity contribution is 5.90. The first kappa shape index (κ1) is 27.2. The predicted octanol–water partition coefficient (Wildman–Crippen LogP) is 4.30. The molecule has 11 nitrogen and oxygen atoms in total. The molecule has 0 amide bonds. The summed E-state index contributed by atoms with van der Waals surface area (Å²) in [6, 6.07) is 12.7. The third-order valence-corrected chi connectivity index (χ3v) is 6.41. The van der Waals surface area contributed by atoms with Gasteiger partial charge in [0.05, 0.1) is 34.0 Å². The Balaban J connectivity index is 1.83. The fourth-order valence-electron chi connectivity index (χ4n) is 4.67. The highest BCUT2D eigenvalue weighted by Crippen LogP contribution is 2.50. The summed E-state index contributed by atoms with van der Waals surface area (Å²) in [6.45, 7) is -0.311. The number of rotatable bonds is 9. The summed E-state index contributed by atoms with van der Waals surface area (Å²) in [5, 5.41) is 9.65. The molecule has 204 valence electrons. The van der Waals surface area contributed by atoms with Crippen molar-refractivity contribution in [2.75, 3.05) is 28.4 Å². The number of carbonyl (C=O) groups is 1. The molecule has 3 aromatic rings. The molecule has 39 heavy (non-hydrogen) atoms. The minimum Gasteiger partial charge on any atom is -0.493 e. The van der Waals surface area contributed by atoms with Gasteiger partial charge in [-0.15, -0.1) is 10.1 Å². The Morgan fingerprint density at radius 2 is 1.69 bits per heavy atom. The quantitative estimate of drug-likeness (QED) is 0.221. The Kier molecular flexibility index (Phi) is 8.18. The van der Waals surface area contributed by atoms with Gasteiger partial charge in [0.1, 0.15) is 12.7 Å². The van der Waals surface area contributed by atoms with Gasteiger partial charge in [0.15, 0.2) is 17.2 Å². The first-order valence-corrected chi connectivity index (χ1v) is 11.9. The van der Waals surface area contributed by atoms with E-state index in [0.717, 1.165) is 5.56 Å². The van der Waals surface area contributed by atoms with Crippen LogP contribution in [0.5, 0.6) is 23.0 Å². The molecule has 0 saturated heterocycles. The summed E-state index contributed by atoms with van der Waals surface area (Å²) in [7, 11) is 5.94. The van der Waals surface area contributed by atoms with Gasteiger partial charge in [0, 0.05) is 11.1 Å². The van der Waals surface area contributed by atoms with E-state index in [1.54, 1.807) is 24.3 Å². The normalized spacial score (nSPS) is 13.7. The lowest BCUT2D eigenvalue weighted by atomic mass is 9.96. The number of benzene rings is 2. The molecule has 3 aromatic carbocycles. The third-order valence-electron chi connectivity index (χ3n) is 6.41. The molecule has 0 aromatic heterocycles. The van der Waals surface area contributed by atoms with Crippen LogP contribution in [0.25, 0.3) is 11.1 Å². The van der Waals surface area contributed by atoms with Crippen molar-refractivity contribution in [1.82, 2.24) is 0 Å². The van der Waals surface area contributed by atoms with Crippen molar-refractivity contribution in [1.29, 1.82) is 0 Å². The number of hydrogen-bond donors (Lipinski definition) is 0. The average Bonchev–Trinajstić information content (AvgIpc) is 3.19. The molecule has 4 rings (SSSR count). The Hall–Kier alpha value is -4.80. The molecule has 0 spiro atoms. The molecular formula is C28H27NO10. The first-order valence-electron chi connectivity index (χ1n) is 11.9. The van der Waals surface area contributed by atoms with Gasteiger partial charge in [-0.05, 0) is 65.9 Å². The second-order valence-electron chi connectivity index (χ2n) is 8.59. The number of methoxy groups -OCH3 is 4. The number of hydrogen-bond acceptors (Lipinski definition) is 10. The van der Waals surface area contributed by atoms with Crippen LogP contribution in [-0.4, -0.2) is 39.5 Å². The molecule has 1 aliphatic rings. The van der Waals surface area contributed by atoms with E-state index in [4.69, 9.17) is 23.7 Å². The van der Waals surface area contributed by atoms with Gasteiger partial charge in [-0.3, -0.25) is 4.79 Å². The second-order valence-corrected chi connectivity index (χ2v) is 8.59. The van der Waals surface area contributed by atoms with Gasteiger partial charge >= 0.3 is 5.97 Å². The van der Waals surface area contributed by atoms with Crippen molar-refractivity contribution in [3.8, 4) is 34.1 Å². The van der Waals surface area contributed by atoms with E-state index in [0.29, 0.717) is 52.3 Å². The van der Waals surface area contributed by atoms with E-state index in [2.05, 4.69) is 4.84 Å². The van der Waals surface area contributed by atoms with Crippen molar-refractivity contribution >= 4 is 5.97 Å². The minimum absolute atomic E-state index is 0.118. The average molecular weight is 538 g/mol. The smallest absolute Gasteiger partial charge is 0.338 e. The molecule has 0 N–H and O–H groups in total. The standard InChI is InChI=1S/C28H27NO10/c1-34-23-11-9-19-20(14-21(23)30)22(39-28(31)18-7-5-6-16(12-18)15-38-29(32)33)10-8-17-13-24(35-2)26(36-3)27(37-4)25(17)19/h5-7,9,11-14,22H,8,10,15H2,1-4H3/t22-/m0/s1. The second kappa shape index (κ2) is 11.7. The molecule has 0 unspecified atom stereocenters. The van der Waals surface area contributed by atoms with Crippen molar-refractivity contribution < 1.29 is 38.4 Å². The highest BCUT2D eigenvalue weighted by atomic mass is 16.9. The number of nitrogens with zero attached hydrogens (tertiary/aromatic N) is 1. The maximum atomic E-state index is 13.2. The zero-order valence-electron chi connectivity index (χ0n) is 21.8. The lowest BCUT2D eigenvalue weighted by Crippen LogP contribution is -2.14. The number of esters is 1. The molecule has 0 aliphatic heterocycles. The van der Waals surface area contributed by atoms with Crippen molar-refractivity contribution in [2.45, 2.75) is 25.6 Å². The van der Waals surface area contributed by atoms with Crippen LogP contribution in [0.3, 0.4) is 0 Å². The SMILES string of the molecule is COc1cc2c(c(OC)c1OC)-c1ccc(OC)c(=O)cc1[C@@H](OC(=O)c1cccc(CO[N+](=O)[O-])c1)CC2. The Morgan fingerprint density at radius 3 is 2.36 bits per heavy atom. The van der Waals surface area contributed by atoms with E-state index in [1.807, 2.05) is 6.07 Å². The maximum absolute atomic E-state index is 13.2. The third kappa shape index (κ3) is 5.57. The van der Waals surface area contributed by atoms with Crippen molar-refractivity contribution in [2.24, 2.45) is 0 Å². The van der Waals surface area contributed by atoms with Gasteiger partial charge in [-0.25, -0.2) is 4.79 Å². The molecule has 11 heteroatoms. The van der Waals surface area contributed by atoms with E-state index >= 15 is 0 Å². The van der Waals surface area contributed by atoms with Crippen LogP contribution in [0.15, 0.2) is 53.3 Å². The molecule has 0 bridgehead atoms. The van der Waals surface area contributed by atoms with Crippen LogP contribution < -0.4 is 24.4 Å². The Bertz CT molecular complexity index is 1470. The summed E-state index contributed by atoms with van der Waals surface area (Å²) >= 11 is 0. The van der Waals surface area contributed by atoms with Crippen LogP contribution in [0.4, 0.5) is 0 Å². The van der Waals surface area contributed by atoms with Gasteiger partial charge < -0.3 is 28.5 Å². The molecule has 0 heterocycles. The van der Waals surface area contributed by atoms with E-state index < -0.39 is 17.2 Å². The lowest BCUT2D eigenvalue weighted by molar-refractivity contribution is -0.763. The number of ether oxygens (including phenoxy) is 5. The zero-order valence-corrected chi connectivity index (χ0v) is 21.8. The summed E-state index contributed by atoms with van der Waals surface area (Å²) < 4.78 is 28.1. The van der Waals surface area contributed by atoms with Crippen LogP contribution in [0.2, 0.25) is 0 Å². The predicted molar refractivity (Wildman–Crippen MR) is 139 cm³/mol. The lowest BCUT2D eigenvalue weighted by Gasteiger charge is -2.19. The number of carbonyl (C=O) groups excluding carboxylic acids is 1. The molecule has 1 atom stereocenters. The van der Waals surface area contributed by atoms with Gasteiger partial charge in [-0.1, -0.05) is 12.1 Å². The van der Waals surface area contributed by atoms with Crippen LogP contribution in [0, 0.1) is 10.1 Å². The van der Waals surface area contributed by atoms with E-state index in [1.165, 1.54) is 46.6 Å². The molecule has 1 aliphatic carbocycles. The summed E-state index contributed by atoms with van der Waals surface area (Å²) in [5.41, 5.74) is 2.82. The largest absolute Gasteiger partial charge is 0.493 e. The Labute approximate surface area is 223 Å². The molecular weight excluding hydrogens is 510 g/mol. The van der Waals surface area contributed by atoms with E-state index in [-0.39, 0.29) is 23.3 Å². The van der Waals surface area contributed by atoms with Crippen molar-refractivity contribution in [3.63, 3.8) is 0 Å². The van der Waals surface area contributed by atoms with Crippen LogP contribution in [-0.2, 0) is 22.6 Å². The monoisotopic (exact) mass is 537 g/mol. The van der Waals surface area contributed by atoms with Gasteiger partial charge in [0.2, 0.25) is 11.2 Å². The topological polar surface area (TPSA) is 133 Å². The Morgan fingerprint density at radius 1 is 0.949 bits per heavy atom. The summed E-state index contributed by atoms with van der Waals surface area (Å²) in [6.07, 6.45) is -0.00452. The zero-order chi connectivity index (χ0) is 28.1. The molecule has 0 saturated carbocycles. The van der Waals surface area contributed by atoms with Crippen LogP contribution >= 0.6 is 0 Å².